The number of benzene rings is 2. The highest BCUT2D eigenvalue weighted by atomic mass is 32.2. The van der Waals surface area contributed by atoms with Crippen LogP contribution in [0.1, 0.15) is 23.0 Å². The Morgan fingerprint density at radius 2 is 1.97 bits per heavy atom. The van der Waals surface area contributed by atoms with Crippen LogP contribution in [0.3, 0.4) is 0 Å². The number of likely N-dealkylation sites (tertiary alicyclic amines) is 1. The van der Waals surface area contributed by atoms with Gasteiger partial charge in [0, 0.05) is 24.9 Å². The van der Waals surface area contributed by atoms with E-state index in [9.17, 15) is 23.3 Å². The number of fused-ring (bicyclic) bond motifs is 1. The van der Waals surface area contributed by atoms with E-state index in [1.165, 1.54) is 46.8 Å². The highest BCUT2D eigenvalue weighted by molar-refractivity contribution is 7.91. The number of hydrogen-bond donors (Lipinski definition) is 0. The number of para-hydroxylation sites is 1. The second-order valence-electron chi connectivity index (χ2n) is 7.35. The number of hydrogen-bond acceptors (Lipinski definition) is 8. The summed E-state index contributed by atoms with van der Waals surface area (Å²) in [6.45, 7) is -0.0536. The molecule has 1 fully saturated rings. The van der Waals surface area contributed by atoms with Crippen molar-refractivity contribution >= 4 is 43.2 Å². The van der Waals surface area contributed by atoms with E-state index in [-0.39, 0.29) is 25.3 Å². The normalized spacial score (nSPS) is 18.9. The zero-order chi connectivity index (χ0) is 22.2. The predicted molar refractivity (Wildman–Crippen MR) is 116 cm³/mol. The molecule has 0 N–H and O–H groups in total. The second kappa shape index (κ2) is 8.23. The molecule has 11 heteroatoms. The highest BCUT2D eigenvalue weighted by Crippen LogP contribution is 2.39. The standard InChI is InChI=1S/C20H19N3O6S2/c1-31(27,28)15-10-17(19-21-16-4-2-3-5-18(16)30-19)22(11-15)20(24)29-12-13-6-8-14(9-7-13)23(25)26/h2-9,15,17H,10-12H2,1H3/t15-,17-/m1/s1. The van der Waals surface area contributed by atoms with E-state index in [0.717, 1.165) is 10.2 Å². The molecule has 1 aromatic heterocycles. The first kappa shape index (κ1) is 21.2. The summed E-state index contributed by atoms with van der Waals surface area (Å²) < 4.78 is 30.7. The summed E-state index contributed by atoms with van der Waals surface area (Å²) in [5, 5.41) is 10.7. The maximum atomic E-state index is 12.8. The molecule has 162 valence electrons. The predicted octanol–water partition coefficient (Wildman–Crippen LogP) is 3.70. The summed E-state index contributed by atoms with van der Waals surface area (Å²) in [7, 11) is -3.36. The fourth-order valence-electron chi connectivity index (χ4n) is 3.52. The number of rotatable bonds is 5. The Kier molecular flexibility index (Phi) is 5.63. The third-order valence-electron chi connectivity index (χ3n) is 5.21. The van der Waals surface area contributed by atoms with Gasteiger partial charge in [-0.1, -0.05) is 12.1 Å². The molecule has 1 saturated heterocycles. The van der Waals surface area contributed by atoms with Gasteiger partial charge in [-0.05, 0) is 36.2 Å². The third kappa shape index (κ3) is 4.52. The number of carbonyl (C=O) groups excluding carboxylic acids is 1. The molecular weight excluding hydrogens is 442 g/mol. The number of amides is 1. The van der Waals surface area contributed by atoms with Gasteiger partial charge in [0.2, 0.25) is 0 Å². The van der Waals surface area contributed by atoms with Gasteiger partial charge >= 0.3 is 6.09 Å². The Hall–Kier alpha value is -3.05. The number of non-ortho nitro benzene ring substituents is 1. The second-order valence-corrected chi connectivity index (χ2v) is 10.7. The van der Waals surface area contributed by atoms with Gasteiger partial charge < -0.3 is 4.74 Å². The monoisotopic (exact) mass is 461 g/mol. The highest BCUT2D eigenvalue weighted by Gasteiger charge is 2.42. The van der Waals surface area contributed by atoms with Crippen LogP contribution in [-0.4, -0.2) is 47.4 Å². The molecule has 0 unspecified atom stereocenters. The molecule has 0 spiro atoms. The lowest BCUT2D eigenvalue weighted by atomic mass is 10.2. The number of nitrogens with zero attached hydrogens (tertiary/aromatic N) is 3. The number of ether oxygens (including phenoxy) is 1. The quantitative estimate of drug-likeness (QED) is 0.420. The van der Waals surface area contributed by atoms with Crippen LogP contribution in [0.25, 0.3) is 10.2 Å². The molecular formula is C20H19N3O6S2. The van der Waals surface area contributed by atoms with E-state index in [2.05, 4.69) is 4.98 Å². The van der Waals surface area contributed by atoms with E-state index in [0.29, 0.717) is 10.6 Å². The number of nitro groups is 1. The zero-order valence-electron chi connectivity index (χ0n) is 16.5. The van der Waals surface area contributed by atoms with Crippen molar-refractivity contribution in [2.75, 3.05) is 12.8 Å². The van der Waals surface area contributed by atoms with Gasteiger partial charge in [-0.25, -0.2) is 18.2 Å². The van der Waals surface area contributed by atoms with Crippen LogP contribution < -0.4 is 0 Å². The van der Waals surface area contributed by atoms with Gasteiger partial charge in [0.25, 0.3) is 5.69 Å². The summed E-state index contributed by atoms with van der Waals surface area (Å²) in [6, 6.07) is 12.8. The summed E-state index contributed by atoms with van der Waals surface area (Å²) >= 11 is 1.43. The number of nitro benzene ring substituents is 1. The first-order chi connectivity index (χ1) is 14.7. The zero-order valence-corrected chi connectivity index (χ0v) is 18.1. The van der Waals surface area contributed by atoms with Crippen LogP contribution >= 0.6 is 11.3 Å². The minimum atomic E-state index is -3.36. The number of carbonyl (C=O) groups is 1. The van der Waals surface area contributed by atoms with E-state index in [4.69, 9.17) is 4.74 Å². The van der Waals surface area contributed by atoms with Crippen molar-refractivity contribution in [2.45, 2.75) is 24.3 Å². The van der Waals surface area contributed by atoms with Crippen LogP contribution in [-0.2, 0) is 21.2 Å². The van der Waals surface area contributed by atoms with E-state index in [1.54, 1.807) is 0 Å². The first-order valence-corrected chi connectivity index (χ1v) is 12.2. The lowest BCUT2D eigenvalue weighted by Gasteiger charge is -2.22. The molecule has 3 aromatic rings. The maximum absolute atomic E-state index is 12.8. The summed E-state index contributed by atoms with van der Waals surface area (Å²) in [5.41, 5.74) is 1.33. The number of thiazole rings is 1. The summed E-state index contributed by atoms with van der Waals surface area (Å²) in [6.07, 6.45) is 0.776. The molecule has 4 rings (SSSR count). The Morgan fingerprint density at radius 3 is 2.61 bits per heavy atom. The minimum Gasteiger partial charge on any atom is -0.445 e. The smallest absolute Gasteiger partial charge is 0.410 e. The molecule has 1 amide bonds. The van der Waals surface area contributed by atoms with Gasteiger partial charge in [0.05, 0.1) is 26.4 Å². The molecule has 0 bridgehead atoms. The molecule has 0 saturated carbocycles. The van der Waals surface area contributed by atoms with Crippen molar-refractivity contribution < 1.29 is 22.9 Å². The van der Waals surface area contributed by atoms with Crippen molar-refractivity contribution in [2.24, 2.45) is 0 Å². The van der Waals surface area contributed by atoms with Crippen LogP contribution in [0.5, 0.6) is 0 Å². The molecule has 0 aliphatic carbocycles. The van der Waals surface area contributed by atoms with Gasteiger partial charge in [-0.2, -0.15) is 0 Å². The topological polar surface area (TPSA) is 120 Å². The Balaban J connectivity index is 1.54. The average Bonchev–Trinajstić information content (AvgIpc) is 3.36. The Labute approximate surface area is 182 Å². The Morgan fingerprint density at radius 1 is 1.26 bits per heavy atom. The summed E-state index contributed by atoms with van der Waals surface area (Å²) in [5.74, 6) is 0. The molecule has 2 atom stereocenters. The van der Waals surface area contributed by atoms with E-state index < -0.39 is 32.1 Å². The van der Waals surface area contributed by atoms with Crippen LogP contribution in [0.2, 0.25) is 0 Å². The first-order valence-electron chi connectivity index (χ1n) is 9.43. The van der Waals surface area contributed by atoms with Crippen molar-refractivity contribution in [1.29, 1.82) is 0 Å². The van der Waals surface area contributed by atoms with Crippen molar-refractivity contribution in [3.63, 3.8) is 0 Å². The molecule has 31 heavy (non-hydrogen) atoms. The van der Waals surface area contributed by atoms with Gasteiger partial charge in [-0.3, -0.25) is 15.0 Å². The SMILES string of the molecule is CS(=O)(=O)[C@@H]1C[C@H](c2nc3ccccc3s2)N(C(=O)OCc2ccc([N+](=O)[O-])cc2)C1. The molecule has 1 aliphatic rings. The molecule has 0 radical (unpaired) electrons. The lowest BCUT2D eigenvalue weighted by Crippen LogP contribution is -2.33. The maximum Gasteiger partial charge on any atom is 0.410 e. The van der Waals surface area contributed by atoms with E-state index >= 15 is 0 Å². The van der Waals surface area contributed by atoms with Gasteiger partial charge in [0.1, 0.15) is 11.6 Å². The van der Waals surface area contributed by atoms with E-state index in [1.807, 2.05) is 24.3 Å². The van der Waals surface area contributed by atoms with Crippen LogP contribution in [0.4, 0.5) is 10.5 Å². The fraction of sp³-hybridized carbons (Fsp3) is 0.300. The van der Waals surface area contributed by atoms with Crippen molar-refractivity contribution in [3.05, 3.63) is 69.2 Å². The number of sulfone groups is 1. The molecule has 2 heterocycles. The Bertz CT molecular complexity index is 1210. The van der Waals surface area contributed by atoms with Crippen molar-refractivity contribution in [1.82, 2.24) is 9.88 Å². The van der Waals surface area contributed by atoms with Crippen LogP contribution in [0.15, 0.2) is 48.5 Å². The minimum absolute atomic E-state index is 0.0263. The van der Waals surface area contributed by atoms with Gasteiger partial charge in [0.15, 0.2) is 9.84 Å². The largest absolute Gasteiger partial charge is 0.445 e. The average molecular weight is 462 g/mol. The molecule has 2 aromatic carbocycles. The summed E-state index contributed by atoms with van der Waals surface area (Å²) in [4.78, 5) is 29.1. The van der Waals surface area contributed by atoms with Crippen LogP contribution in [0, 0.1) is 10.1 Å². The fourth-order valence-corrected chi connectivity index (χ4v) is 5.57. The van der Waals surface area contributed by atoms with Gasteiger partial charge in [-0.15, -0.1) is 11.3 Å². The number of aromatic nitrogens is 1. The third-order valence-corrected chi connectivity index (χ3v) is 7.90. The lowest BCUT2D eigenvalue weighted by molar-refractivity contribution is -0.384. The van der Waals surface area contributed by atoms with Crippen molar-refractivity contribution in [3.8, 4) is 0 Å². The molecule has 1 aliphatic heterocycles. The molecule has 9 nitrogen and oxygen atoms in total.